The molecule has 2 aliphatic rings. The zero-order chi connectivity index (χ0) is 9.97. The number of hydrogen-bond acceptors (Lipinski definition) is 1. The summed E-state index contributed by atoms with van der Waals surface area (Å²) in [7, 11) is 0. The molecule has 0 spiro atoms. The van der Waals surface area contributed by atoms with Crippen molar-refractivity contribution in [2.45, 2.75) is 71.0 Å². The molecule has 0 radical (unpaired) electrons. The third-order valence-corrected chi connectivity index (χ3v) is 4.10. The Bertz CT molecular complexity index is 164. The van der Waals surface area contributed by atoms with E-state index in [-0.39, 0.29) is 0 Å². The Morgan fingerprint density at radius 3 is 1.86 bits per heavy atom. The maximum absolute atomic E-state index is 6.06. The van der Waals surface area contributed by atoms with Gasteiger partial charge in [-0.2, -0.15) is 0 Å². The summed E-state index contributed by atoms with van der Waals surface area (Å²) in [6, 6.07) is 0. The first-order valence-electron chi connectivity index (χ1n) is 6.41. The van der Waals surface area contributed by atoms with Gasteiger partial charge in [-0.05, 0) is 56.8 Å². The predicted octanol–water partition coefficient (Wildman–Crippen LogP) is 3.77. The fourth-order valence-electron chi connectivity index (χ4n) is 2.67. The first-order chi connectivity index (χ1) is 6.75. The Morgan fingerprint density at radius 2 is 1.43 bits per heavy atom. The predicted molar refractivity (Wildman–Crippen MR) is 59.3 cm³/mol. The van der Waals surface area contributed by atoms with E-state index >= 15 is 0 Å². The molecule has 2 aliphatic carbocycles. The Kier molecular flexibility index (Phi) is 3.48. The summed E-state index contributed by atoms with van der Waals surface area (Å²) in [5, 5.41) is 0. The molecule has 1 heteroatoms. The largest absolute Gasteiger partial charge is 0.375 e. The molecule has 0 heterocycles. The Morgan fingerprint density at radius 1 is 0.857 bits per heavy atom. The normalized spacial score (nSPS) is 34.5. The average molecular weight is 196 g/mol. The summed E-state index contributed by atoms with van der Waals surface area (Å²) < 4.78 is 6.06. The Labute approximate surface area is 88.2 Å². The van der Waals surface area contributed by atoms with Crippen molar-refractivity contribution in [3.8, 4) is 0 Å². The van der Waals surface area contributed by atoms with E-state index in [1.807, 2.05) is 0 Å². The molecule has 0 saturated heterocycles. The van der Waals surface area contributed by atoms with Gasteiger partial charge in [0, 0.05) is 0 Å². The van der Waals surface area contributed by atoms with E-state index in [4.69, 9.17) is 4.74 Å². The summed E-state index contributed by atoms with van der Waals surface area (Å²) in [5.41, 5.74) is 0. The third-order valence-electron chi connectivity index (χ3n) is 4.10. The molecule has 0 N–H and O–H groups in total. The van der Waals surface area contributed by atoms with Gasteiger partial charge in [0.15, 0.2) is 0 Å². The van der Waals surface area contributed by atoms with Gasteiger partial charge in [0.25, 0.3) is 0 Å². The highest BCUT2D eigenvalue weighted by atomic mass is 16.5. The van der Waals surface area contributed by atoms with Crippen LogP contribution in [-0.4, -0.2) is 12.2 Å². The molecule has 2 saturated carbocycles. The molecule has 0 bridgehead atoms. The van der Waals surface area contributed by atoms with Gasteiger partial charge in [0.2, 0.25) is 0 Å². The maximum atomic E-state index is 6.06. The standard InChI is InChI=1S/C13H24O/c1-10(2)11-6-8-13(9-7-11)14-12-4-3-5-12/h10-13H,3-9H2,1-2H3. The molecular weight excluding hydrogens is 172 g/mol. The minimum Gasteiger partial charge on any atom is -0.375 e. The topological polar surface area (TPSA) is 9.23 Å². The molecule has 14 heavy (non-hydrogen) atoms. The van der Waals surface area contributed by atoms with Crippen LogP contribution in [0.3, 0.4) is 0 Å². The lowest BCUT2D eigenvalue weighted by atomic mass is 9.80. The molecule has 2 fully saturated rings. The van der Waals surface area contributed by atoms with Crippen molar-refractivity contribution in [1.29, 1.82) is 0 Å². The number of hydrogen-bond donors (Lipinski definition) is 0. The van der Waals surface area contributed by atoms with Crippen LogP contribution >= 0.6 is 0 Å². The minimum atomic E-state index is 0.607. The zero-order valence-corrected chi connectivity index (χ0v) is 9.67. The number of rotatable bonds is 3. The van der Waals surface area contributed by atoms with Crippen LogP contribution in [0.2, 0.25) is 0 Å². The second-order valence-electron chi connectivity index (χ2n) is 5.47. The summed E-state index contributed by atoms with van der Waals surface area (Å²) in [4.78, 5) is 0. The van der Waals surface area contributed by atoms with Crippen molar-refractivity contribution in [3.63, 3.8) is 0 Å². The maximum Gasteiger partial charge on any atom is 0.0579 e. The lowest BCUT2D eigenvalue weighted by Crippen LogP contribution is -2.31. The highest BCUT2D eigenvalue weighted by Gasteiger charge is 2.27. The second-order valence-corrected chi connectivity index (χ2v) is 5.47. The van der Waals surface area contributed by atoms with E-state index < -0.39 is 0 Å². The van der Waals surface area contributed by atoms with Crippen LogP contribution in [0.25, 0.3) is 0 Å². The van der Waals surface area contributed by atoms with Gasteiger partial charge < -0.3 is 4.74 Å². The summed E-state index contributed by atoms with van der Waals surface area (Å²) in [5.74, 6) is 1.84. The van der Waals surface area contributed by atoms with E-state index in [9.17, 15) is 0 Å². The van der Waals surface area contributed by atoms with Crippen molar-refractivity contribution in [3.05, 3.63) is 0 Å². The van der Waals surface area contributed by atoms with E-state index in [0.717, 1.165) is 11.8 Å². The van der Waals surface area contributed by atoms with E-state index in [1.165, 1.54) is 44.9 Å². The van der Waals surface area contributed by atoms with Crippen molar-refractivity contribution >= 4 is 0 Å². The molecule has 0 atom stereocenters. The van der Waals surface area contributed by atoms with Gasteiger partial charge in [0.05, 0.1) is 12.2 Å². The van der Waals surface area contributed by atoms with E-state index in [1.54, 1.807) is 0 Å². The third kappa shape index (κ3) is 2.50. The monoisotopic (exact) mass is 196 g/mol. The molecule has 0 unspecified atom stereocenters. The van der Waals surface area contributed by atoms with Crippen LogP contribution < -0.4 is 0 Å². The smallest absolute Gasteiger partial charge is 0.0579 e. The van der Waals surface area contributed by atoms with E-state index in [2.05, 4.69) is 13.8 Å². The van der Waals surface area contributed by atoms with Crippen LogP contribution in [0.1, 0.15) is 58.8 Å². The number of ether oxygens (including phenoxy) is 1. The van der Waals surface area contributed by atoms with Gasteiger partial charge in [0.1, 0.15) is 0 Å². The highest BCUT2D eigenvalue weighted by molar-refractivity contribution is 4.78. The second kappa shape index (κ2) is 4.65. The lowest BCUT2D eigenvalue weighted by Gasteiger charge is -2.35. The van der Waals surface area contributed by atoms with Crippen molar-refractivity contribution < 1.29 is 4.74 Å². The first kappa shape index (κ1) is 10.5. The Hall–Kier alpha value is -0.0400. The van der Waals surface area contributed by atoms with Gasteiger partial charge in [-0.25, -0.2) is 0 Å². The molecule has 0 aromatic carbocycles. The molecule has 0 amide bonds. The molecule has 0 aromatic heterocycles. The Balaban J connectivity index is 1.67. The SMILES string of the molecule is CC(C)C1CCC(OC2CCC2)CC1. The quantitative estimate of drug-likeness (QED) is 0.667. The van der Waals surface area contributed by atoms with E-state index in [0.29, 0.717) is 12.2 Å². The van der Waals surface area contributed by atoms with Gasteiger partial charge >= 0.3 is 0 Å². The van der Waals surface area contributed by atoms with Gasteiger partial charge in [-0.3, -0.25) is 0 Å². The molecule has 1 nitrogen and oxygen atoms in total. The highest BCUT2D eigenvalue weighted by Crippen LogP contribution is 2.34. The van der Waals surface area contributed by atoms with Crippen LogP contribution in [0.5, 0.6) is 0 Å². The first-order valence-corrected chi connectivity index (χ1v) is 6.41. The molecule has 2 rings (SSSR count). The van der Waals surface area contributed by atoms with Gasteiger partial charge in [-0.1, -0.05) is 13.8 Å². The molecule has 0 aromatic rings. The fourth-order valence-corrected chi connectivity index (χ4v) is 2.67. The van der Waals surface area contributed by atoms with Crippen LogP contribution in [0.4, 0.5) is 0 Å². The average Bonchev–Trinajstić information content (AvgIpc) is 2.12. The minimum absolute atomic E-state index is 0.607. The molecule has 82 valence electrons. The fraction of sp³-hybridized carbons (Fsp3) is 1.00. The van der Waals surface area contributed by atoms with Crippen molar-refractivity contribution in [2.75, 3.05) is 0 Å². The summed E-state index contributed by atoms with van der Waals surface area (Å²) >= 11 is 0. The molecule has 0 aliphatic heterocycles. The van der Waals surface area contributed by atoms with Crippen LogP contribution in [0.15, 0.2) is 0 Å². The van der Waals surface area contributed by atoms with Crippen molar-refractivity contribution in [2.24, 2.45) is 11.8 Å². The zero-order valence-electron chi connectivity index (χ0n) is 9.67. The molecular formula is C13H24O. The van der Waals surface area contributed by atoms with Gasteiger partial charge in [-0.15, -0.1) is 0 Å². The van der Waals surface area contributed by atoms with Crippen LogP contribution in [0, 0.1) is 11.8 Å². The summed E-state index contributed by atoms with van der Waals surface area (Å²) in [6.45, 7) is 4.72. The van der Waals surface area contributed by atoms with Crippen LogP contribution in [-0.2, 0) is 4.74 Å². The summed E-state index contributed by atoms with van der Waals surface area (Å²) in [6.07, 6.45) is 10.7. The van der Waals surface area contributed by atoms with Crippen molar-refractivity contribution in [1.82, 2.24) is 0 Å². The lowest BCUT2D eigenvalue weighted by molar-refractivity contribution is -0.0714.